The smallest absolute Gasteiger partial charge is 0.253 e. The molecule has 2 N–H and O–H groups in total. The normalized spacial score (nSPS) is 23.9. The van der Waals surface area contributed by atoms with E-state index in [2.05, 4.69) is 15.6 Å². The second-order valence-electron chi connectivity index (χ2n) is 6.76. The highest BCUT2D eigenvalue weighted by atomic mass is 16.2. The Labute approximate surface area is 143 Å². The van der Waals surface area contributed by atoms with Gasteiger partial charge in [-0.15, -0.1) is 0 Å². The second-order valence-corrected chi connectivity index (χ2v) is 6.76. The SMILES string of the molecule is O=C(NCCC1CCNC1)C1CCCN(C(=O)c2ccncc2)C1. The topological polar surface area (TPSA) is 74.3 Å². The Morgan fingerprint density at radius 2 is 2.12 bits per heavy atom. The lowest BCUT2D eigenvalue weighted by Gasteiger charge is -2.32. The zero-order chi connectivity index (χ0) is 16.8. The highest BCUT2D eigenvalue weighted by Crippen LogP contribution is 2.19. The van der Waals surface area contributed by atoms with Gasteiger partial charge in [-0.3, -0.25) is 14.6 Å². The lowest BCUT2D eigenvalue weighted by Crippen LogP contribution is -2.45. The van der Waals surface area contributed by atoms with E-state index in [1.165, 1.54) is 6.42 Å². The zero-order valence-electron chi connectivity index (χ0n) is 14.0. The molecule has 1 aromatic rings. The number of carbonyl (C=O) groups is 2. The average Bonchev–Trinajstić information content (AvgIpc) is 3.15. The van der Waals surface area contributed by atoms with Crippen LogP contribution in [0.15, 0.2) is 24.5 Å². The van der Waals surface area contributed by atoms with Crippen LogP contribution in [0.4, 0.5) is 0 Å². The van der Waals surface area contributed by atoms with Gasteiger partial charge in [0.2, 0.25) is 5.91 Å². The molecule has 6 nitrogen and oxygen atoms in total. The zero-order valence-corrected chi connectivity index (χ0v) is 14.0. The Hall–Kier alpha value is -1.95. The van der Waals surface area contributed by atoms with Gasteiger partial charge in [0.15, 0.2) is 0 Å². The third-order valence-corrected chi connectivity index (χ3v) is 5.02. The highest BCUT2D eigenvalue weighted by molar-refractivity contribution is 5.94. The minimum absolute atomic E-state index is 0.00747. The van der Waals surface area contributed by atoms with Crippen LogP contribution in [-0.2, 0) is 4.79 Å². The number of piperidine rings is 1. The minimum Gasteiger partial charge on any atom is -0.356 e. The summed E-state index contributed by atoms with van der Waals surface area (Å²) in [5.41, 5.74) is 0.639. The van der Waals surface area contributed by atoms with E-state index in [1.54, 1.807) is 29.4 Å². The summed E-state index contributed by atoms with van der Waals surface area (Å²) in [6, 6.07) is 3.45. The van der Waals surface area contributed by atoms with Gasteiger partial charge < -0.3 is 15.5 Å². The minimum atomic E-state index is -0.0914. The molecule has 24 heavy (non-hydrogen) atoms. The predicted molar refractivity (Wildman–Crippen MR) is 91.5 cm³/mol. The van der Waals surface area contributed by atoms with Crippen LogP contribution < -0.4 is 10.6 Å². The van der Waals surface area contributed by atoms with E-state index < -0.39 is 0 Å². The van der Waals surface area contributed by atoms with Gasteiger partial charge in [-0.25, -0.2) is 0 Å². The summed E-state index contributed by atoms with van der Waals surface area (Å²) in [7, 11) is 0. The number of carbonyl (C=O) groups excluding carboxylic acids is 2. The Balaban J connectivity index is 1.47. The molecule has 2 saturated heterocycles. The fraction of sp³-hybridized carbons (Fsp3) is 0.611. The molecular formula is C18H26N4O2. The third kappa shape index (κ3) is 4.32. The van der Waals surface area contributed by atoms with Crippen LogP contribution in [0, 0.1) is 11.8 Å². The van der Waals surface area contributed by atoms with E-state index in [0.29, 0.717) is 18.0 Å². The van der Waals surface area contributed by atoms with Crippen molar-refractivity contribution in [1.29, 1.82) is 0 Å². The number of hydrogen-bond donors (Lipinski definition) is 2. The Morgan fingerprint density at radius 1 is 1.29 bits per heavy atom. The number of amides is 2. The van der Waals surface area contributed by atoms with Gasteiger partial charge in [0.1, 0.15) is 0 Å². The van der Waals surface area contributed by atoms with Gasteiger partial charge in [-0.2, -0.15) is 0 Å². The second kappa shape index (κ2) is 8.24. The van der Waals surface area contributed by atoms with E-state index >= 15 is 0 Å². The van der Waals surface area contributed by atoms with E-state index in [9.17, 15) is 9.59 Å². The Kier molecular flexibility index (Phi) is 5.80. The van der Waals surface area contributed by atoms with Crippen molar-refractivity contribution in [3.63, 3.8) is 0 Å². The molecule has 0 aromatic carbocycles. The van der Waals surface area contributed by atoms with Gasteiger partial charge in [0.25, 0.3) is 5.91 Å². The molecule has 2 aliphatic heterocycles. The standard InChI is InChI=1S/C18H26N4O2/c23-17(21-10-4-14-3-7-20-12-14)16-2-1-11-22(13-16)18(24)15-5-8-19-9-6-15/h5-6,8-9,14,16,20H,1-4,7,10-13H2,(H,21,23). The van der Waals surface area contributed by atoms with Crippen molar-refractivity contribution in [1.82, 2.24) is 20.5 Å². The number of rotatable bonds is 5. The molecule has 2 amide bonds. The first-order valence-corrected chi connectivity index (χ1v) is 8.92. The molecule has 2 atom stereocenters. The molecular weight excluding hydrogens is 304 g/mol. The van der Waals surface area contributed by atoms with Crippen molar-refractivity contribution in [3.05, 3.63) is 30.1 Å². The molecule has 0 saturated carbocycles. The molecule has 2 unspecified atom stereocenters. The number of nitrogens with one attached hydrogen (secondary N) is 2. The summed E-state index contributed by atoms with van der Waals surface area (Å²) >= 11 is 0. The predicted octanol–water partition coefficient (Wildman–Crippen LogP) is 1.05. The molecule has 1 aromatic heterocycles. The van der Waals surface area contributed by atoms with Crippen LogP contribution in [0.5, 0.6) is 0 Å². The summed E-state index contributed by atoms with van der Waals surface area (Å²) in [5, 5.41) is 6.41. The summed E-state index contributed by atoms with van der Waals surface area (Å²) < 4.78 is 0. The monoisotopic (exact) mass is 330 g/mol. The molecule has 130 valence electrons. The van der Waals surface area contributed by atoms with Crippen molar-refractivity contribution in [2.75, 3.05) is 32.7 Å². The molecule has 6 heteroatoms. The molecule has 0 spiro atoms. The van der Waals surface area contributed by atoms with Crippen LogP contribution in [0.3, 0.4) is 0 Å². The number of likely N-dealkylation sites (tertiary alicyclic amines) is 1. The van der Waals surface area contributed by atoms with Crippen molar-refractivity contribution in [2.24, 2.45) is 11.8 Å². The molecule has 2 fully saturated rings. The number of pyridine rings is 1. The van der Waals surface area contributed by atoms with Crippen LogP contribution in [-0.4, -0.2) is 54.4 Å². The molecule has 2 aliphatic rings. The van der Waals surface area contributed by atoms with Crippen molar-refractivity contribution >= 4 is 11.8 Å². The fourth-order valence-electron chi connectivity index (χ4n) is 3.56. The summed E-state index contributed by atoms with van der Waals surface area (Å²) in [6.07, 6.45) is 7.22. The van der Waals surface area contributed by atoms with Crippen molar-refractivity contribution in [2.45, 2.75) is 25.7 Å². The first-order chi connectivity index (χ1) is 11.7. The first kappa shape index (κ1) is 16.9. The highest BCUT2D eigenvalue weighted by Gasteiger charge is 2.28. The van der Waals surface area contributed by atoms with Gasteiger partial charge in [-0.05, 0) is 56.8 Å². The van der Waals surface area contributed by atoms with Crippen LogP contribution in [0.25, 0.3) is 0 Å². The Morgan fingerprint density at radius 3 is 2.88 bits per heavy atom. The van der Waals surface area contributed by atoms with Crippen molar-refractivity contribution < 1.29 is 9.59 Å². The summed E-state index contributed by atoms with van der Waals surface area (Å²) in [5.74, 6) is 0.674. The maximum absolute atomic E-state index is 12.5. The van der Waals surface area contributed by atoms with Crippen molar-refractivity contribution in [3.8, 4) is 0 Å². The van der Waals surface area contributed by atoms with Crippen LogP contribution >= 0.6 is 0 Å². The lowest BCUT2D eigenvalue weighted by molar-refractivity contribution is -0.126. The molecule has 0 radical (unpaired) electrons. The van der Waals surface area contributed by atoms with E-state index in [-0.39, 0.29) is 17.7 Å². The third-order valence-electron chi connectivity index (χ3n) is 5.02. The maximum Gasteiger partial charge on any atom is 0.253 e. The number of nitrogens with zero attached hydrogens (tertiary/aromatic N) is 2. The van der Waals surface area contributed by atoms with Crippen LogP contribution in [0.2, 0.25) is 0 Å². The summed E-state index contributed by atoms with van der Waals surface area (Å²) in [6.45, 7) is 4.12. The van der Waals surface area contributed by atoms with E-state index in [1.807, 2.05) is 0 Å². The van der Waals surface area contributed by atoms with Gasteiger partial charge in [0.05, 0.1) is 5.92 Å². The lowest BCUT2D eigenvalue weighted by atomic mass is 9.96. The molecule has 0 bridgehead atoms. The molecule has 3 rings (SSSR count). The van der Waals surface area contributed by atoms with Crippen LogP contribution in [0.1, 0.15) is 36.0 Å². The Bertz CT molecular complexity index is 557. The van der Waals surface area contributed by atoms with E-state index in [0.717, 1.165) is 45.4 Å². The van der Waals surface area contributed by atoms with Gasteiger partial charge >= 0.3 is 0 Å². The maximum atomic E-state index is 12.5. The quantitative estimate of drug-likeness (QED) is 0.846. The largest absolute Gasteiger partial charge is 0.356 e. The van der Waals surface area contributed by atoms with Gasteiger partial charge in [0, 0.05) is 37.6 Å². The summed E-state index contributed by atoms with van der Waals surface area (Å²) in [4.78, 5) is 30.7. The average molecular weight is 330 g/mol. The molecule has 3 heterocycles. The molecule has 0 aliphatic carbocycles. The number of hydrogen-bond acceptors (Lipinski definition) is 4. The van der Waals surface area contributed by atoms with Gasteiger partial charge in [-0.1, -0.05) is 0 Å². The van der Waals surface area contributed by atoms with E-state index in [4.69, 9.17) is 0 Å². The first-order valence-electron chi connectivity index (χ1n) is 8.92. The fourth-order valence-corrected chi connectivity index (χ4v) is 3.56. The number of aromatic nitrogens is 1.